The predicted octanol–water partition coefficient (Wildman–Crippen LogP) is 5.36. The minimum Gasteiger partial charge on any atom is -0.496 e. The minimum atomic E-state index is -0.598. The van der Waals surface area contributed by atoms with Gasteiger partial charge in [0.05, 0.1) is 32.7 Å². The number of benzene rings is 2. The van der Waals surface area contributed by atoms with Gasteiger partial charge in [-0.25, -0.2) is 4.79 Å². The van der Waals surface area contributed by atoms with E-state index in [2.05, 4.69) is 9.88 Å². The topological polar surface area (TPSA) is 95.9 Å². The molecule has 1 aliphatic rings. The standard InChI is InChI=1S/C32H40N2O6/c1-32(2,3)40-31(37)22-11-12-24(28(18-22)38-4)20-34-19-23(13-15-30(36)39-5)26-14-10-21(16-27(26)34)17-29(35)33-25-8-6-7-9-25/h10-12,14,16,18-19,25H,6-9,13,15,17,20H2,1-5H3,(H,33,35). The van der Waals surface area contributed by atoms with Crippen molar-refractivity contribution in [3.05, 3.63) is 64.8 Å². The summed E-state index contributed by atoms with van der Waals surface area (Å²) in [6.45, 7) is 5.97. The van der Waals surface area contributed by atoms with Gasteiger partial charge in [0.25, 0.3) is 0 Å². The fourth-order valence-electron chi connectivity index (χ4n) is 5.25. The fourth-order valence-corrected chi connectivity index (χ4v) is 5.25. The second kappa shape index (κ2) is 12.6. The van der Waals surface area contributed by atoms with E-state index in [0.717, 1.165) is 40.4 Å². The average Bonchev–Trinajstić information content (AvgIpc) is 3.54. The van der Waals surface area contributed by atoms with Crippen LogP contribution in [0.1, 0.15) is 79.9 Å². The summed E-state index contributed by atoms with van der Waals surface area (Å²) in [5.74, 6) is -0.0574. The van der Waals surface area contributed by atoms with Crippen molar-refractivity contribution in [1.29, 1.82) is 0 Å². The molecule has 8 nitrogen and oxygen atoms in total. The number of esters is 2. The number of carbonyl (C=O) groups is 3. The van der Waals surface area contributed by atoms with E-state index >= 15 is 0 Å². The Balaban J connectivity index is 1.63. The van der Waals surface area contributed by atoms with Crippen molar-refractivity contribution >= 4 is 28.7 Å². The van der Waals surface area contributed by atoms with Gasteiger partial charge in [0.15, 0.2) is 0 Å². The van der Waals surface area contributed by atoms with E-state index < -0.39 is 11.6 Å². The number of hydrogen-bond acceptors (Lipinski definition) is 6. The molecule has 0 spiro atoms. The lowest BCUT2D eigenvalue weighted by atomic mass is 10.0. The molecule has 1 fully saturated rings. The summed E-state index contributed by atoms with van der Waals surface area (Å²) < 4.78 is 18.1. The van der Waals surface area contributed by atoms with Gasteiger partial charge in [-0.2, -0.15) is 0 Å². The first-order valence-electron chi connectivity index (χ1n) is 13.9. The van der Waals surface area contributed by atoms with Gasteiger partial charge >= 0.3 is 11.9 Å². The molecule has 214 valence electrons. The zero-order chi connectivity index (χ0) is 28.9. The number of aryl methyl sites for hydroxylation is 1. The highest BCUT2D eigenvalue weighted by molar-refractivity contribution is 5.90. The van der Waals surface area contributed by atoms with Crippen molar-refractivity contribution in [3.63, 3.8) is 0 Å². The van der Waals surface area contributed by atoms with Crippen LogP contribution in [-0.4, -0.2) is 48.3 Å². The highest BCUT2D eigenvalue weighted by Crippen LogP contribution is 2.29. The van der Waals surface area contributed by atoms with Crippen molar-refractivity contribution in [2.45, 2.75) is 83.9 Å². The lowest BCUT2D eigenvalue weighted by molar-refractivity contribution is -0.140. The molecule has 1 amide bonds. The number of methoxy groups -OCH3 is 2. The van der Waals surface area contributed by atoms with E-state index in [9.17, 15) is 14.4 Å². The summed E-state index contributed by atoms with van der Waals surface area (Å²) in [6, 6.07) is 11.7. The highest BCUT2D eigenvalue weighted by atomic mass is 16.6. The third kappa shape index (κ3) is 7.43. The van der Waals surface area contributed by atoms with E-state index in [1.54, 1.807) is 19.2 Å². The Bertz CT molecular complexity index is 1380. The van der Waals surface area contributed by atoms with Crippen LogP contribution in [0.25, 0.3) is 10.9 Å². The number of fused-ring (bicyclic) bond motifs is 1. The highest BCUT2D eigenvalue weighted by Gasteiger charge is 2.21. The number of aromatic nitrogens is 1. The Morgan fingerprint density at radius 1 is 1.00 bits per heavy atom. The van der Waals surface area contributed by atoms with Crippen LogP contribution in [0.5, 0.6) is 5.75 Å². The van der Waals surface area contributed by atoms with Gasteiger partial charge in [-0.05, 0) is 69.4 Å². The third-order valence-corrected chi connectivity index (χ3v) is 7.20. The molecular weight excluding hydrogens is 508 g/mol. The fraction of sp³-hybridized carbons (Fsp3) is 0.469. The maximum absolute atomic E-state index is 12.7. The molecule has 40 heavy (non-hydrogen) atoms. The van der Waals surface area contributed by atoms with Crippen molar-refractivity contribution < 1.29 is 28.6 Å². The second-order valence-electron chi connectivity index (χ2n) is 11.5. The zero-order valence-electron chi connectivity index (χ0n) is 24.2. The van der Waals surface area contributed by atoms with E-state index in [4.69, 9.17) is 14.2 Å². The molecule has 1 saturated carbocycles. The summed E-state index contributed by atoms with van der Waals surface area (Å²) in [7, 11) is 2.97. The molecule has 0 bridgehead atoms. The SMILES string of the molecule is COC(=O)CCc1cn(Cc2ccc(C(=O)OC(C)(C)C)cc2OC)c2cc(CC(=O)NC3CCCC3)ccc12. The summed E-state index contributed by atoms with van der Waals surface area (Å²) in [5, 5.41) is 4.19. The lowest BCUT2D eigenvalue weighted by Crippen LogP contribution is -2.33. The van der Waals surface area contributed by atoms with Crippen LogP contribution in [0.4, 0.5) is 0 Å². The number of ether oxygens (including phenoxy) is 3. The number of nitrogens with zero attached hydrogens (tertiary/aromatic N) is 1. The summed E-state index contributed by atoms with van der Waals surface area (Å²) in [6.07, 6.45) is 7.58. The number of hydrogen-bond donors (Lipinski definition) is 1. The molecule has 1 heterocycles. The Morgan fingerprint density at radius 2 is 1.75 bits per heavy atom. The van der Waals surface area contributed by atoms with E-state index in [-0.39, 0.29) is 24.3 Å². The monoisotopic (exact) mass is 548 g/mol. The number of nitrogens with one attached hydrogen (secondary N) is 1. The molecule has 1 aliphatic carbocycles. The Hall–Kier alpha value is -3.81. The molecule has 0 atom stereocenters. The van der Waals surface area contributed by atoms with Crippen molar-refractivity contribution in [2.75, 3.05) is 14.2 Å². The molecule has 0 saturated heterocycles. The van der Waals surface area contributed by atoms with E-state index in [1.807, 2.05) is 51.2 Å². The van der Waals surface area contributed by atoms with Gasteiger partial charge in [-0.15, -0.1) is 0 Å². The molecule has 0 unspecified atom stereocenters. The first-order chi connectivity index (χ1) is 19.1. The van der Waals surface area contributed by atoms with Gasteiger partial charge < -0.3 is 24.1 Å². The minimum absolute atomic E-state index is 0.0367. The molecule has 3 aromatic rings. The molecule has 1 aromatic heterocycles. The second-order valence-corrected chi connectivity index (χ2v) is 11.5. The summed E-state index contributed by atoms with van der Waals surface area (Å²) in [5.41, 5.74) is 3.61. The molecular formula is C32H40N2O6. The first-order valence-corrected chi connectivity index (χ1v) is 13.9. The third-order valence-electron chi connectivity index (χ3n) is 7.20. The summed E-state index contributed by atoms with van der Waals surface area (Å²) in [4.78, 5) is 37.2. The number of carbonyl (C=O) groups excluding carboxylic acids is 3. The maximum Gasteiger partial charge on any atom is 0.338 e. The molecule has 8 heteroatoms. The van der Waals surface area contributed by atoms with Crippen molar-refractivity contribution in [2.24, 2.45) is 0 Å². The molecule has 0 aliphatic heterocycles. The first kappa shape index (κ1) is 29.2. The quantitative estimate of drug-likeness (QED) is 0.343. The van der Waals surface area contributed by atoms with Gasteiger partial charge in [-0.3, -0.25) is 9.59 Å². The Labute approximate surface area is 236 Å². The smallest absolute Gasteiger partial charge is 0.338 e. The van der Waals surface area contributed by atoms with Crippen LogP contribution in [0.3, 0.4) is 0 Å². The molecule has 0 radical (unpaired) electrons. The predicted molar refractivity (Wildman–Crippen MR) is 154 cm³/mol. The van der Waals surface area contributed by atoms with Crippen LogP contribution in [0, 0.1) is 0 Å². The molecule has 1 N–H and O–H groups in total. The number of amides is 1. The Kier molecular flexibility index (Phi) is 9.17. The van der Waals surface area contributed by atoms with Crippen LogP contribution >= 0.6 is 0 Å². The molecule has 4 rings (SSSR count). The van der Waals surface area contributed by atoms with Gasteiger partial charge in [0, 0.05) is 35.1 Å². The van der Waals surface area contributed by atoms with Crippen LogP contribution < -0.4 is 10.1 Å². The molecule has 2 aromatic carbocycles. The van der Waals surface area contributed by atoms with E-state index in [1.165, 1.54) is 20.0 Å². The average molecular weight is 549 g/mol. The van der Waals surface area contributed by atoms with Crippen LogP contribution in [0.2, 0.25) is 0 Å². The van der Waals surface area contributed by atoms with Gasteiger partial charge in [0.1, 0.15) is 11.4 Å². The Morgan fingerprint density at radius 3 is 2.42 bits per heavy atom. The summed E-state index contributed by atoms with van der Waals surface area (Å²) >= 11 is 0. The van der Waals surface area contributed by atoms with Crippen LogP contribution in [0.15, 0.2) is 42.6 Å². The van der Waals surface area contributed by atoms with Crippen LogP contribution in [-0.2, 0) is 38.4 Å². The maximum atomic E-state index is 12.7. The van der Waals surface area contributed by atoms with Crippen molar-refractivity contribution in [1.82, 2.24) is 9.88 Å². The zero-order valence-corrected chi connectivity index (χ0v) is 24.2. The number of rotatable bonds is 10. The van der Waals surface area contributed by atoms with E-state index in [0.29, 0.717) is 30.7 Å². The normalized spacial score (nSPS) is 13.8. The largest absolute Gasteiger partial charge is 0.496 e. The van der Waals surface area contributed by atoms with Gasteiger partial charge in [-0.1, -0.05) is 31.0 Å². The van der Waals surface area contributed by atoms with Gasteiger partial charge in [0.2, 0.25) is 5.91 Å². The van der Waals surface area contributed by atoms with Crippen molar-refractivity contribution in [3.8, 4) is 5.75 Å². The lowest BCUT2D eigenvalue weighted by Gasteiger charge is -2.20.